The van der Waals surface area contributed by atoms with Gasteiger partial charge in [-0.1, -0.05) is 12.1 Å². The van der Waals surface area contributed by atoms with Gasteiger partial charge in [0.1, 0.15) is 12.4 Å². The first-order valence-corrected chi connectivity index (χ1v) is 12.4. The van der Waals surface area contributed by atoms with Crippen molar-refractivity contribution in [1.29, 1.82) is 0 Å². The number of nitrogens with one attached hydrogen (secondary N) is 1. The average molecular weight is 474 g/mol. The van der Waals surface area contributed by atoms with Crippen LogP contribution in [0.5, 0.6) is 5.75 Å². The predicted molar refractivity (Wildman–Crippen MR) is 122 cm³/mol. The Morgan fingerprint density at radius 1 is 1.16 bits per heavy atom. The van der Waals surface area contributed by atoms with Crippen molar-refractivity contribution in [3.8, 4) is 5.75 Å². The molecular weight excluding hydrogens is 450 g/mol. The van der Waals surface area contributed by atoms with E-state index >= 15 is 0 Å². The smallest absolute Gasteiger partial charge is 0.259 e. The number of para-hydroxylation sites is 1. The van der Waals surface area contributed by atoms with E-state index in [9.17, 15) is 13.2 Å². The number of benzene rings is 2. The number of hydrogen-bond acceptors (Lipinski definition) is 7. The van der Waals surface area contributed by atoms with E-state index in [-0.39, 0.29) is 17.4 Å². The van der Waals surface area contributed by atoms with Crippen LogP contribution in [0.2, 0.25) is 0 Å². The number of nitrogens with zero attached hydrogens (tertiary/aromatic N) is 2. The van der Waals surface area contributed by atoms with Crippen LogP contribution in [-0.2, 0) is 21.4 Å². The lowest BCUT2D eigenvalue weighted by molar-refractivity contribution is 0.0730. The standard InChI is InChI=1S/C22H23N3O5S2/c1-16-23-18(15-31-16)14-30-21-5-3-2-4-20(21)22(26)24-17-6-8-19(9-7-17)32(27,28)25-10-12-29-13-11-25/h2-9,15H,10-14H2,1H3,(H,24,26). The highest BCUT2D eigenvalue weighted by atomic mass is 32.2. The number of aromatic nitrogens is 1. The normalized spacial score (nSPS) is 14.8. The average Bonchev–Trinajstić information content (AvgIpc) is 3.24. The van der Waals surface area contributed by atoms with Crippen LogP contribution in [0, 0.1) is 6.92 Å². The molecule has 168 valence electrons. The summed E-state index contributed by atoms with van der Waals surface area (Å²) in [6.45, 7) is 3.62. The highest BCUT2D eigenvalue weighted by molar-refractivity contribution is 7.89. The molecular formula is C22H23N3O5S2. The molecule has 4 rings (SSSR count). The van der Waals surface area contributed by atoms with Crippen molar-refractivity contribution in [1.82, 2.24) is 9.29 Å². The maximum Gasteiger partial charge on any atom is 0.259 e. The van der Waals surface area contributed by atoms with Gasteiger partial charge in [-0.3, -0.25) is 4.79 Å². The number of sulfonamides is 1. The van der Waals surface area contributed by atoms with Crippen LogP contribution < -0.4 is 10.1 Å². The molecule has 2 aromatic carbocycles. The molecule has 0 aliphatic carbocycles. The van der Waals surface area contributed by atoms with Crippen LogP contribution >= 0.6 is 11.3 Å². The van der Waals surface area contributed by atoms with Crippen molar-refractivity contribution in [2.24, 2.45) is 0 Å². The first-order valence-electron chi connectivity index (χ1n) is 10.1. The summed E-state index contributed by atoms with van der Waals surface area (Å²) in [5, 5.41) is 5.67. The van der Waals surface area contributed by atoms with Gasteiger partial charge >= 0.3 is 0 Å². The fourth-order valence-electron chi connectivity index (χ4n) is 3.25. The predicted octanol–water partition coefficient (Wildman–Crippen LogP) is 3.30. The molecule has 1 saturated heterocycles. The molecule has 0 atom stereocenters. The molecule has 0 unspecified atom stereocenters. The van der Waals surface area contributed by atoms with Gasteiger partial charge in [0.25, 0.3) is 5.91 Å². The van der Waals surface area contributed by atoms with Gasteiger partial charge in [-0.15, -0.1) is 11.3 Å². The van der Waals surface area contributed by atoms with Gasteiger partial charge in [-0.05, 0) is 43.3 Å². The number of rotatable bonds is 7. The van der Waals surface area contributed by atoms with E-state index in [4.69, 9.17) is 9.47 Å². The molecule has 0 radical (unpaired) electrons. The fourth-order valence-corrected chi connectivity index (χ4v) is 5.26. The molecule has 0 bridgehead atoms. The van der Waals surface area contributed by atoms with Crippen molar-refractivity contribution < 1.29 is 22.7 Å². The minimum Gasteiger partial charge on any atom is -0.486 e. The van der Waals surface area contributed by atoms with Crippen LogP contribution in [0.15, 0.2) is 58.8 Å². The number of carbonyl (C=O) groups excluding carboxylic acids is 1. The van der Waals surface area contributed by atoms with Crippen LogP contribution in [-0.4, -0.2) is 49.9 Å². The van der Waals surface area contributed by atoms with Crippen LogP contribution in [0.3, 0.4) is 0 Å². The zero-order valence-electron chi connectivity index (χ0n) is 17.5. The molecule has 32 heavy (non-hydrogen) atoms. The van der Waals surface area contributed by atoms with Crippen LogP contribution in [0.25, 0.3) is 0 Å². The minimum absolute atomic E-state index is 0.180. The molecule has 0 spiro atoms. The summed E-state index contributed by atoms with van der Waals surface area (Å²) in [7, 11) is -3.58. The lowest BCUT2D eigenvalue weighted by Gasteiger charge is -2.26. The Bertz CT molecular complexity index is 1190. The van der Waals surface area contributed by atoms with Crippen molar-refractivity contribution in [3.63, 3.8) is 0 Å². The third-order valence-corrected chi connectivity index (χ3v) is 7.63. The molecule has 3 aromatic rings. The fraction of sp³-hybridized carbons (Fsp3) is 0.273. The van der Waals surface area contributed by atoms with Crippen LogP contribution in [0.4, 0.5) is 5.69 Å². The quantitative estimate of drug-likeness (QED) is 0.565. The Kier molecular flexibility index (Phi) is 6.85. The maximum absolute atomic E-state index is 12.8. The maximum atomic E-state index is 12.8. The number of carbonyl (C=O) groups is 1. The largest absolute Gasteiger partial charge is 0.486 e. The Labute approximate surface area is 190 Å². The molecule has 1 aromatic heterocycles. The van der Waals surface area contributed by atoms with E-state index in [2.05, 4.69) is 10.3 Å². The van der Waals surface area contributed by atoms with Gasteiger partial charge in [-0.25, -0.2) is 13.4 Å². The number of hydrogen-bond donors (Lipinski definition) is 1. The molecule has 1 aliphatic rings. The van der Waals surface area contributed by atoms with Gasteiger partial charge in [0, 0.05) is 24.2 Å². The Morgan fingerprint density at radius 2 is 1.88 bits per heavy atom. The highest BCUT2D eigenvalue weighted by Crippen LogP contribution is 2.23. The second kappa shape index (κ2) is 9.78. The van der Waals surface area contributed by atoms with E-state index in [1.807, 2.05) is 12.3 Å². The molecule has 1 aliphatic heterocycles. The number of aryl methyl sites for hydroxylation is 1. The number of morpholine rings is 1. The number of anilines is 1. The van der Waals surface area contributed by atoms with E-state index in [0.717, 1.165) is 10.7 Å². The summed E-state index contributed by atoms with van der Waals surface area (Å²) in [5.74, 6) is 0.0982. The monoisotopic (exact) mass is 473 g/mol. The lowest BCUT2D eigenvalue weighted by Crippen LogP contribution is -2.40. The molecule has 1 N–H and O–H groups in total. The second-order valence-electron chi connectivity index (χ2n) is 7.14. The van der Waals surface area contributed by atoms with Gasteiger partial charge in [0.05, 0.1) is 34.4 Å². The van der Waals surface area contributed by atoms with Gasteiger partial charge in [0.15, 0.2) is 0 Å². The third-order valence-electron chi connectivity index (χ3n) is 4.89. The Hall–Kier alpha value is -2.79. The third kappa shape index (κ3) is 5.16. The first kappa shape index (κ1) is 22.4. The zero-order valence-corrected chi connectivity index (χ0v) is 19.1. The Balaban J connectivity index is 1.44. The Morgan fingerprint density at radius 3 is 2.56 bits per heavy atom. The second-order valence-corrected chi connectivity index (χ2v) is 10.1. The summed E-state index contributed by atoms with van der Waals surface area (Å²) in [6.07, 6.45) is 0. The highest BCUT2D eigenvalue weighted by Gasteiger charge is 2.26. The molecule has 2 heterocycles. The van der Waals surface area contributed by atoms with Crippen molar-refractivity contribution in [2.75, 3.05) is 31.6 Å². The summed E-state index contributed by atoms with van der Waals surface area (Å²) < 4.78 is 37.9. The summed E-state index contributed by atoms with van der Waals surface area (Å²) in [4.78, 5) is 17.4. The topological polar surface area (TPSA) is 97.8 Å². The summed E-state index contributed by atoms with van der Waals surface area (Å²) >= 11 is 1.54. The van der Waals surface area contributed by atoms with Crippen molar-refractivity contribution >= 4 is 33.0 Å². The van der Waals surface area contributed by atoms with E-state index in [1.165, 1.54) is 16.4 Å². The van der Waals surface area contributed by atoms with E-state index in [0.29, 0.717) is 43.3 Å². The van der Waals surface area contributed by atoms with Gasteiger partial charge in [0.2, 0.25) is 10.0 Å². The summed E-state index contributed by atoms with van der Waals surface area (Å²) in [5.41, 5.74) is 1.67. The van der Waals surface area contributed by atoms with E-state index < -0.39 is 10.0 Å². The molecule has 10 heteroatoms. The first-order chi connectivity index (χ1) is 15.4. The summed E-state index contributed by atoms with van der Waals surface area (Å²) in [6, 6.07) is 13.1. The minimum atomic E-state index is -3.58. The van der Waals surface area contributed by atoms with E-state index in [1.54, 1.807) is 47.7 Å². The number of ether oxygens (including phenoxy) is 2. The van der Waals surface area contributed by atoms with Crippen molar-refractivity contribution in [3.05, 3.63) is 70.2 Å². The van der Waals surface area contributed by atoms with Gasteiger partial charge in [-0.2, -0.15) is 4.31 Å². The zero-order chi connectivity index (χ0) is 22.6. The van der Waals surface area contributed by atoms with Gasteiger partial charge < -0.3 is 14.8 Å². The van der Waals surface area contributed by atoms with Crippen LogP contribution in [0.1, 0.15) is 21.1 Å². The SMILES string of the molecule is Cc1nc(COc2ccccc2C(=O)Nc2ccc(S(=O)(=O)N3CCOCC3)cc2)cs1. The molecule has 8 nitrogen and oxygen atoms in total. The lowest BCUT2D eigenvalue weighted by atomic mass is 10.2. The molecule has 1 fully saturated rings. The number of thiazole rings is 1. The van der Waals surface area contributed by atoms with Crippen molar-refractivity contribution in [2.45, 2.75) is 18.4 Å². The number of amides is 1. The molecule has 0 saturated carbocycles. The molecule has 1 amide bonds.